The van der Waals surface area contributed by atoms with Crippen molar-refractivity contribution in [2.75, 3.05) is 30.3 Å². The molecule has 3 aromatic rings. The number of rotatable bonds is 7. The highest BCUT2D eigenvalue weighted by Gasteiger charge is 2.30. The molecule has 0 bridgehead atoms. The number of pyridine rings is 2. The van der Waals surface area contributed by atoms with Crippen LogP contribution in [0, 0.1) is 12.8 Å². The molecule has 176 valence electrons. The number of carbonyl (C=O) groups excluding carboxylic acids is 2. The molecule has 34 heavy (non-hydrogen) atoms. The SMILES string of the molecule is CCOc1ccc(Nc2ncccc2C(=O)N2CCCC(C(=O)Nc3ncccc3C)C2)cc1. The number of aromatic nitrogens is 2. The molecule has 1 saturated heterocycles. The molecule has 1 unspecified atom stereocenters. The van der Waals surface area contributed by atoms with Crippen molar-refractivity contribution in [2.24, 2.45) is 5.92 Å². The van der Waals surface area contributed by atoms with Crippen LogP contribution in [0.3, 0.4) is 0 Å². The molecule has 2 N–H and O–H groups in total. The van der Waals surface area contributed by atoms with Gasteiger partial charge in [-0.3, -0.25) is 9.59 Å². The number of amides is 2. The molecule has 8 heteroatoms. The molecule has 0 saturated carbocycles. The Morgan fingerprint density at radius 1 is 1.06 bits per heavy atom. The smallest absolute Gasteiger partial charge is 0.257 e. The summed E-state index contributed by atoms with van der Waals surface area (Å²) in [5.41, 5.74) is 2.18. The second-order valence-electron chi connectivity index (χ2n) is 8.23. The highest BCUT2D eigenvalue weighted by Crippen LogP contribution is 2.25. The highest BCUT2D eigenvalue weighted by atomic mass is 16.5. The number of hydrogen-bond acceptors (Lipinski definition) is 6. The van der Waals surface area contributed by atoms with Gasteiger partial charge in [-0.2, -0.15) is 0 Å². The van der Waals surface area contributed by atoms with Crippen LogP contribution in [-0.2, 0) is 4.79 Å². The summed E-state index contributed by atoms with van der Waals surface area (Å²) in [6, 6.07) is 14.7. The van der Waals surface area contributed by atoms with E-state index in [1.165, 1.54) is 0 Å². The predicted molar refractivity (Wildman–Crippen MR) is 131 cm³/mol. The summed E-state index contributed by atoms with van der Waals surface area (Å²) in [4.78, 5) is 36.7. The monoisotopic (exact) mass is 459 g/mol. The standard InChI is InChI=1S/C26H29N5O3/c1-3-34-21-12-10-20(11-13-21)29-24-22(9-5-15-28-24)26(33)31-16-6-8-19(17-31)25(32)30-23-18(2)7-4-14-27-23/h4-5,7,9-15,19H,3,6,8,16-17H2,1-2H3,(H,28,29)(H,27,30,32). The minimum atomic E-state index is -0.293. The molecule has 2 amide bonds. The first kappa shape index (κ1) is 23.2. The minimum absolute atomic E-state index is 0.113. The van der Waals surface area contributed by atoms with Crippen LogP contribution in [0.4, 0.5) is 17.3 Å². The van der Waals surface area contributed by atoms with Crippen LogP contribution < -0.4 is 15.4 Å². The van der Waals surface area contributed by atoms with Gasteiger partial charge >= 0.3 is 0 Å². The van der Waals surface area contributed by atoms with E-state index in [4.69, 9.17) is 4.74 Å². The molecule has 2 aromatic heterocycles. The second-order valence-corrected chi connectivity index (χ2v) is 8.23. The van der Waals surface area contributed by atoms with Gasteiger partial charge in [0.25, 0.3) is 5.91 Å². The highest BCUT2D eigenvalue weighted by molar-refractivity contribution is 6.00. The van der Waals surface area contributed by atoms with Crippen LogP contribution >= 0.6 is 0 Å². The number of likely N-dealkylation sites (tertiary alicyclic amines) is 1. The number of benzene rings is 1. The zero-order valence-corrected chi connectivity index (χ0v) is 19.5. The quantitative estimate of drug-likeness (QED) is 0.543. The maximum atomic E-state index is 13.4. The summed E-state index contributed by atoms with van der Waals surface area (Å²) in [7, 11) is 0. The zero-order chi connectivity index (χ0) is 23.9. The van der Waals surface area contributed by atoms with E-state index in [9.17, 15) is 9.59 Å². The molecule has 1 aromatic carbocycles. The Bertz CT molecular complexity index is 1150. The lowest BCUT2D eigenvalue weighted by molar-refractivity contribution is -0.121. The number of nitrogens with one attached hydrogen (secondary N) is 2. The molecule has 0 radical (unpaired) electrons. The van der Waals surface area contributed by atoms with Crippen LogP contribution in [0.15, 0.2) is 60.9 Å². The average Bonchev–Trinajstić information content (AvgIpc) is 2.87. The summed E-state index contributed by atoms with van der Waals surface area (Å²) in [5.74, 6) is 1.27. The third-order valence-corrected chi connectivity index (χ3v) is 5.80. The number of anilines is 3. The van der Waals surface area contributed by atoms with Gasteiger partial charge in [0.05, 0.1) is 18.1 Å². The molecule has 1 aliphatic rings. The van der Waals surface area contributed by atoms with E-state index in [1.54, 1.807) is 29.4 Å². The van der Waals surface area contributed by atoms with E-state index in [-0.39, 0.29) is 17.7 Å². The number of nitrogens with zero attached hydrogens (tertiary/aromatic N) is 3. The normalized spacial score (nSPS) is 15.5. The Balaban J connectivity index is 1.45. The zero-order valence-electron chi connectivity index (χ0n) is 19.5. The third-order valence-electron chi connectivity index (χ3n) is 5.80. The van der Waals surface area contributed by atoms with Crippen molar-refractivity contribution in [1.29, 1.82) is 0 Å². The van der Waals surface area contributed by atoms with Crippen molar-refractivity contribution in [3.8, 4) is 5.75 Å². The van der Waals surface area contributed by atoms with Crippen LogP contribution in [0.1, 0.15) is 35.7 Å². The van der Waals surface area contributed by atoms with E-state index in [1.807, 2.05) is 50.2 Å². The molecule has 8 nitrogen and oxygen atoms in total. The van der Waals surface area contributed by atoms with Gasteiger partial charge in [0, 0.05) is 31.2 Å². The van der Waals surface area contributed by atoms with E-state index in [0.29, 0.717) is 36.9 Å². The van der Waals surface area contributed by atoms with Crippen molar-refractivity contribution in [3.05, 3.63) is 72.1 Å². The lowest BCUT2D eigenvalue weighted by atomic mass is 9.96. The van der Waals surface area contributed by atoms with Crippen LogP contribution in [0.5, 0.6) is 5.75 Å². The number of piperidine rings is 1. The second kappa shape index (κ2) is 10.8. The van der Waals surface area contributed by atoms with Crippen molar-refractivity contribution in [2.45, 2.75) is 26.7 Å². The Morgan fingerprint density at radius 2 is 1.79 bits per heavy atom. The summed E-state index contributed by atoms with van der Waals surface area (Å²) < 4.78 is 5.48. The maximum Gasteiger partial charge on any atom is 0.257 e. The third kappa shape index (κ3) is 5.51. The van der Waals surface area contributed by atoms with Crippen LogP contribution in [0.25, 0.3) is 0 Å². The first-order valence-electron chi connectivity index (χ1n) is 11.5. The number of ether oxygens (including phenoxy) is 1. The Hall–Kier alpha value is -3.94. The number of hydrogen-bond donors (Lipinski definition) is 2. The molecule has 4 rings (SSSR count). The molecule has 1 atom stereocenters. The summed E-state index contributed by atoms with van der Waals surface area (Å²) in [6.07, 6.45) is 4.79. The van der Waals surface area contributed by atoms with Gasteiger partial charge in [-0.05, 0) is 74.7 Å². The average molecular weight is 460 g/mol. The molecule has 1 aliphatic heterocycles. The lowest BCUT2D eigenvalue weighted by Gasteiger charge is -2.32. The topological polar surface area (TPSA) is 96.5 Å². The minimum Gasteiger partial charge on any atom is -0.494 e. The van der Waals surface area contributed by atoms with Crippen molar-refractivity contribution >= 4 is 29.1 Å². The van der Waals surface area contributed by atoms with Gasteiger partial charge in [-0.25, -0.2) is 9.97 Å². The molecule has 3 heterocycles. The van der Waals surface area contributed by atoms with Crippen LogP contribution in [0.2, 0.25) is 0 Å². The molecule has 0 spiro atoms. The fourth-order valence-corrected chi connectivity index (χ4v) is 4.00. The van der Waals surface area contributed by atoms with Gasteiger partial charge < -0.3 is 20.3 Å². The molecule has 0 aliphatic carbocycles. The number of carbonyl (C=O) groups is 2. The van der Waals surface area contributed by atoms with Crippen LogP contribution in [-0.4, -0.2) is 46.4 Å². The molecular formula is C26H29N5O3. The van der Waals surface area contributed by atoms with E-state index >= 15 is 0 Å². The van der Waals surface area contributed by atoms with Gasteiger partial charge in [0.2, 0.25) is 5.91 Å². The Labute approximate surface area is 199 Å². The summed E-state index contributed by atoms with van der Waals surface area (Å²) in [5, 5.41) is 6.15. The fourth-order valence-electron chi connectivity index (χ4n) is 4.00. The molecule has 1 fully saturated rings. The van der Waals surface area contributed by atoms with Gasteiger partial charge in [-0.1, -0.05) is 6.07 Å². The summed E-state index contributed by atoms with van der Waals surface area (Å²) in [6.45, 7) is 5.39. The van der Waals surface area contributed by atoms with E-state index < -0.39 is 0 Å². The Morgan fingerprint density at radius 3 is 2.53 bits per heavy atom. The fraction of sp³-hybridized carbons (Fsp3) is 0.308. The van der Waals surface area contributed by atoms with E-state index in [0.717, 1.165) is 29.8 Å². The van der Waals surface area contributed by atoms with Crippen molar-refractivity contribution in [1.82, 2.24) is 14.9 Å². The largest absolute Gasteiger partial charge is 0.494 e. The number of aryl methyl sites for hydroxylation is 1. The Kier molecular flexibility index (Phi) is 7.37. The summed E-state index contributed by atoms with van der Waals surface area (Å²) >= 11 is 0. The van der Waals surface area contributed by atoms with Gasteiger partial charge in [0.1, 0.15) is 17.4 Å². The van der Waals surface area contributed by atoms with E-state index in [2.05, 4.69) is 20.6 Å². The first-order chi connectivity index (χ1) is 16.5. The van der Waals surface area contributed by atoms with Crippen molar-refractivity contribution < 1.29 is 14.3 Å². The lowest BCUT2D eigenvalue weighted by Crippen LogP contribution is -2.44. The molecular weight excluding hydrogens is 430 g/mol. The van der Waals surface area contributed by atoms with Crippen molar-refractivity contribution in [3.63, 3.8) is 0 Å². The first-order valence-corrected chi connectivity index (χ1v) is 11.5. The maximum absolute atomic E-state index is 13.4. The van der Waals surface area contributed by atoms with Gasteiger partial charge in [0.15, 0.2) is 0 Å². The van der Waals surface area contributed by atoms with Gasteiger partial charge in [-0.15, -0.1) is 0 Å². The predicted octanol–water partition coefficient (Wildman–Crippen LogP) is 4.42.